The maximum absolute atomic E-state index is 13.6. The summed E-state index contributed by atoms with van der Waals surface area (Å²) >= 11 is 1.29. The SMILES string of the molecule is C[C@H]1CC(F)(F)CCN1C(=O)c1cc2ccc(-c3cnc4nn(C)cc4c3)nc2s1. The summed E-state index contributed by atoms with van der Waals surface area (Å²) in [6.45, 7) is 1.74. The van der Waals surface area contributed by atoms with Gasteiger partial charge in [0.05, 0.1) is 10.6 Å². The lowest BCUT2D eigenvalue weighted by Gasteiger charge is -2.37. The number of nitrogens with zero attached hydrogens (tertiary/aromatic N) is 5. The Morgan fingerprint density at radius 3 is 2.90 bits per heavy atom. The Hall–Kier alpha value is -2.94. The van der Waals surface area contributed by atoms with Gasteiger partial charge in [0.25, 0.3) is 11.8 Å². The second-order valence-corrected chi connectivity index (χ2v) is 8.83. The zero-order valence-corrected chi connectivity index (χ0v) is 17.3. The average molecular weight is 427 g/mol. The third kappa shape index (κ3) is 3.32. The van der Waals surface area contributed by atoms with E-state index in [0.29, 0.717) is 10.5 Å². The topological polar surface area (TPSA) is 63.9 Å². The number of aromatic nitrogens is 4. The minimum atomic E-state index is -2.70. The lowest BCUT2D eigenvalue weighted by molar-refractivity contribution is -0.0664. The molecule has 1 aliphatic rings. The van der Waals surface area contributed by atoms with Crippen LogP contribution in [-0.4, -0.2) is 49.1 Å². The van der Waals surface area contributed by atoms with E-state index in [4.69, 9.17) is 4.98 Å². The van der Waals surface area contributed by atoms with E-state index in [1.54, 1.807) is 28.8 Å². The lowest BCUT2D eigenvalue weighted by atomic mass is 9.99. The molecule has 4 aromatic rings. The van der Waals surface area contributed by atoms with Gasteiger partial charge in [-0.05, 0) is 31.2 Å². The van der Waals surface area contributed by atoms with Gasteiger partial charge in [-0.1, -0.05) is 0 Å². The molecule has 154 valence electrons. The van der Waals surface area contributed by atoms with Crippen LogP contribution < -0.4 is 0 Å². The molecule has 0 unspecified atom stereocenters. The van der Waals surface area contributed by atoms with Gasteiger partial charge in [-0.3, -0.25) is 9.48 Å². The van der Waals surface area contributed by atoms with Crippen molar-refractivity contribution < 1.29 is 13.6 Å². The number of fused-ring (bicyclic) bond motifs is 2. The van der Waals surface area contributed by atoms with Gasteiger partial charge in [-0.25, -0.2) is 18.7 Å². The van der Waals surface area contributed by atoms with E-state index < -0.39 is 12.0 Å². The summed E-state index contributed by atoms with van der Waals surface area (Å²) < 4.78 is 28.9. The summed E-state index contributed by atoms with van der Waals surface area (Å²) in [7, 11) is 1.85. The fourth-order valence-corrected chi connectivity index (χ4v) is 4.94. The van der Waals surface area contributed by atoms with Gasteiger partial charge in [-0.15, -0.1) is 11.3 Å². The van der Waals surface area contributed by atoms with Crippen LogP contribution in [0.3, 0.4) is 0 Å². The molecule has 0 saturated carbocycles. The molecule has 1 saturated heterocycles. The van der Waals surface area contributed by atoms with Crippen molar-refractivity contribution in [3.63, 3.8) is 0 Å². The van der Waals surface area contributed by atoms with Crippen molar-refractivity contribution in [2.24, 2.45) is 7.05 Å². The molecule has 0 aromatic carbocycles. The summed E-state index contributed by atoms with van der Waals surface area (Å²) in [5, 5.41) is 6.06. The monoisotopic (exact) mass is 427 g/mol. The van der Waals surface area contributed by atoms with Crippen LogP contribution in [0.25, 0.3) is 32.5 Å². The van der Waals surface area contributed by atoms with Crippen LogP contribution in [0.4, 0.5) is 8.78 Å². The van der Waals surface area contributed by atoms with Gasteiger partial charge < -0.3 is 4.90 Å². The third-order valence-corrected chi connectivity index (χ3v) is 6.50. The Kier molecular flexibility index (Phi) is 4.32. The van der Waals surface area contributed by atoms with Crippen LogP contribution in [0.2, 0.25) is 0 Å². The van der Waals surface area contributed by atoms with Crippen molar-refractivity contribution >= 4 is 38.5 Å². The second kappa shape index (κ2) is 6.80. The van der Waals surface area contributed by atoms with E-state index >= 15 is 0 Å². The van der Waals surface area contributed by atoms with Gasteiger partial charge >= 0.3 is 0 Å². The number of piperidine rings is 1. The van der Waals surface area contributed by atoms with Crippen LogP contribution in [-0.2, 0) is 7.05 Å². The van der Waals surface area contributed by atoms with E-state index in [0.717, 1.165) is 26.9 Å². The van der Waals surface area contributed by atoms with Crippen LogP contribution >= 0.6 is 11.3 Å². The van der Waals surface area contributed by atoms with E-state index in [1.165, 1.54) is 11.3 Å². The summed E-state index contributed by atoms with van der Waals surface area (Å²) in [5.41, 5.74) is 2.30. The number of hydrogen-bond donors (Lipinski definition) is 0. The van der Waals surface area contributed by atoms with E-state index in [1.807, 2.05) is 31.4 Å². The molecular weight excluding hydrogens is 408 g/mol. The number of hydrogen-bond acceptors (Lipinski definition) is 5. The molecule has 1 aliphatic heterocycles. The van der Waals surface area contributed by atoms with Crippen LogP contribution in [0, 0.1) is 0 Å². The largest absolute Gasteiger partial charge is 0.335 e. The van der Waals surface area contributed by atoms with Crippen molar-refractivity contribution in [1.29, 1.82) is 0 Å². The summed E-state index contributed by atoms with van der Waals surface area (Å²) in [6, 6.07) is 7.10. The zero-order chi connectivity index (χ0) is 21.0. The van der Waals surface area contributed by atoms with Crippen molar-refractivity contribution in [2.75, 3.05) is 6.54 Å². The smallest absolute Gasteiger partial charge is 0.264 e. The fraction of sp³-hybridized carbons (Fsp3) is 0.333. The van der Waals surface area contributed by atoms with Crippen molar-refractivity contribution in [2.45, 2.75) is 31.7 Å². The number of halogens is 2. The summed E-state index contributed by atoms with van der Waals surface area (Å²) in [4.78, 5) is 24.8. The predicted molar refractivity (Wildman–Crippen MR) is 112 cm³/mol. The Balaban J connectivity index is 1.45. The molecule has 0 N–H and O–H groups in total. The first-order valence-corrected chi connectivity index (χ1v) is 10.5. The number of amides is 1. The molecule has 1 atom stereocenters. The van der Waals surface area contributed by atoms with Gasteiger partial charge in [0.1, 0.15) is 4.83 Å². The zero-order valence-electron chi connectivity index (χ0n) is 16.5. The Labute approximate surface area is 175 Å². The molecule has 5 rings (SSSR count). The molecule has 5 heterocycles. The van der Waals surface area contributed by atoms with Crippen molar-refractivity contribution in [1.82, 2.24) is 24.6 Å². The van der Waals surface area contributed by atoms with E-state index in [9.17, 15) is 13.6 Å². The summed E-state index contributed by atoms with van der Waals surface area (Å²) in [5.74, 6) is -2.91. The quantitative estimate of drug-likeness (QED) is 0.472. The number of rotatable bonds is 2. The normalized spacial score (nSPS) is 18.9. The second-order valence-electron chi connectivity index (χ2n) is 7.80. The molecule has 0 spiro atoms. The molecule has 9 heteroatoms. The van der Waals surface area contributed by atoms with Crippen molar-refractivity contribution in [3.8, 4) is 11.3 Å². The van der Waals surface area contributed by atoms with Crippen LogP contribution in [0.1, 0.15) is 29.4 Å². The van der Waals surface area contributed by atoms with Gasteiger partial charge in [-0.2, -0.15) is 5.10 Å². The van der Waals surface area contributed by atoms with Crippen molar-refractivity contribution in [3.05, 3.63) is 41.5 Å². The highest BCUT2D eigenvalue weighted by molar-refractivity contribution is 7.20. The minimum Gasteiger partial charge on any atom is -0.335 e. The first-order valence-electron chi connectivity index (χ1n) is 9.68. The standard InChI is InChI=1S/C21H19F2N5OS/c1-12-9-21(22,23)5-6-28(12)20(29)17-8-13-3-4-16(25-19(13)30-17)14-7-15-11-27(2)26-18(15)24-10-14/h3-4,7-8,10-12H,5-6,9H2,1-2H3/t12-/m0/s1. The minimum absolute atomic E-state index is 0.0662. The number of carbonyl (C=O) groups is 1. The number of thiophene rings is 1. The molecule has 4 aromatic heterocycles. The van der Waals surface area contributed by atoms with E-state index in [2.05, 4.69) is 10.1 Å². The Morgan fingerprint density at radius 2 is 2.10 bits per heavy atom. The molecule has 0 bridgehead atoms. The molecule has 0 aliphatic carbocycles. The van der Waals surface area contributed by atoms with Crippen LogP contribution in [0.5, 0.6) is 0 Å². The van der Waals surface area contributed by atoms with Gasteiger partial charge in [0.15, 0.2) is 5.65 Å². The molecular formula is C21H19F2N5OS. The number of pyridine rings is 2. The predicted octanol–water partition coefficient (Wildman–Crippen LogP) is 4.50. The highest BCUT2D eigenvalue weighted by Gasteiger charge is 2.40. The first kappa shape index (κ1) is 19.0. The van der Waals surface area contributed by atoms with Gasteiger partial charge in [0.2, 0.25) is 0 Å². The highest BCUT2D eigenvalue weighted by Crippen LogP contribution is 2.34. The highest BCUT2D eigenvalue weighted by atomic mass is 32.1. The van der Waals surface area contributed by atoms with Crippen LogP contribution in [0.15, 0.2) is 36.7 Å². The third-order valence-electron chi connectivity index (χ3n) is 5.47. The maximum atomic E-state index is 13.6. The van der Waals surface area contributed by atoms with Gasteiger partial charge in [0, 0.05) is 61.2 Å². The maximum Gasteiger partial charge on any atom is 0.264 e. The molecule has 1 fully saturated rings. The summed E-state index contributed by atoms with van der Waals surface area (Å²) in [6.07, 6.45) is 3.05. The lowest BCUT2D eigenvalue weighted by Crippen LogP contribution is -2.48. The first-order chi connectivity index (χ1) is 14.3. The molecule has 6 nitrogen and oxygen atoms in total. The molecule has 1 amide bonds. The number of likely N-dealkylation sites (tertiary alicyclic amines) is 1. The Bertz CT molecular complexity index is 1280. The fourth-order valence-electron chi connectivity index (χ4n) is 3.95. The Morgan fingerprint density at radius 1 is 1.27 bits per heavy atom. The molecule has 30 heavy (non-hydrogen) atoms. The number of carbonyl (C=O) groups excluding carboxylic acids is 1. The van der Waals surface area contributed by atoms with E-state index in [-0.39, 0.29) is 25.3 Å². The average Bonchev–Trinajstić information content (AvgIpc) is 3.27. The number of alkyl halides is 2. The molecule has 0 radical (unpaired) electrons. The number of aryl methyl sites for hydroxylation is 1.